The smallest absolute Gasteiger partial charge is 0.256 e. The van der Waals surface area contributed by atoms with Gasteiger partial charge in [0, 0.05) is 13.0 Å². The highest BCUT2D eigenvalue weighted by Crippen LogP contribution is 2.46. The van der Waals surface area contributed by atoms with E-state index in [1.807, 2.05) is 38.4 Å². The predicted molar refractivity (Wildman–Crippen MR) is 123 cm³/mol. The predicted octanol–water partition coefficient (Wildman–Crippen LogP) is 2.76. The van der Waals surface area contributed by atoms with Gasteiger partial charge in [-0.25, -0.2) is 4.98 Å². The molecule has 1 aromatic carbocycles. The number of carbonyl (C=O) groups excluding carboxylic acids is 2. The molecule has 0 radical (unpaired) electrons. The van der Waals surface area contributed by atoms with Crippen molar-refractivity contribution in [1.82, 2.24) is 20.1 Å². The van der Waals surface area contributed by atoms with E-state index in [1.165, 1.54) is 4.90 Å². The molecule has 2 fully saturated rings. The molecule has 33 heavy (non-hydrogen) atoms. The van der Waals surface area contributed by atoms with Crippen LogP contribution in [0.3, 0.4) is 0 Å². The Morgan fingerprint density at radius 1 is 1.33 bits per heavy atom. The minimum atomic E-state index is -0.847. The van der Waals surface area contributed by atoms with Crippen molar-refractivity contribution in [2.24, 2.45) is 11.0 Å². The number of likely N-dealkylation sites (tertiary alicyclic amines) is 1. The van der Waals surface area contributed by atoms with E-state index in [1.54, 1.807) is 11.3 Å². The highest BCUT2D eigenvalue weighted by Gasteiger charge is 2.49. The number of carbonyl (C=O) groups is 2. The van der Waals surface area contributed by atoms with Crippen LogP contribution in [0, 0.1) is 18.4 Å². The van der Waals surface area contributed by atoms with Crippen molar-refractivity contribution in [3.8, 4) is 10.4 Å². The Morgan fingerprint density at radius 3 is 2.58 bits per heavy atom. The molecule has 9 nitrogen and oxygen atoms in total. The normalized spacial score (nSPS) is 22.0. The quantitative estimate of drug-likeness (QED) is 0.425. The van der Waals surface area contributed by atoms with Crippen LogP contribution in [0.25, 0.3) is 10.4 Å². The maximum absolute atomic E-state index is 13.3. The Balaban J connectivity index is 1.50. The van der Waals surface area contributed by atoms with Gasteiger partial charge < -0.3 is 15.3 Å². The van der Waals surface area contributed by atoms with E-state index in [-0.39, 0.29) is 30.7 Å². The largest absolute Gasteiger partial charge is 0.391 e. The fraction of sp³-hybridized carbons (Fsp3) is 0.522. The maximum atomic E-state index is 13.3. The lowest BCUT2D eigenvalue weighted by Gasteiger charge is -2.28. The summed E-state index contributed by atoms with van der Waals surface area (Å²) in [5.74, 6) is -0.833. The summed E-state index contributed by atoms with van der Waals surface area (Å²) in [5.41, 5.74) is 11.5. The van der Waals surface area contributed by atoms with Gasteiger partial charge in [-0.15, -0.1) is 11.3 Å². The highest BCUT2D eigenvalue weighted by atomic mass is 32.1. The molecular formula is C23H29N6O3S+. The van der Waals surface area contributed by atoms with Crippen LogP contribution in [0.1, 0.15) is 44.4 Å². The van der Waals surface area contributed by atoms with Crippen molar-refractivity contribution in [2.45, 2.75) is 63.8 Å². The molecule has 1 aliphatic carbocycles. The first-order valence-corrected chi connectivity index (χ1v) is 12.0. The average molecular weight is 470 g/mol. The van der Waals surface area contributed by atoms with Crippen molar-refractivity contribution in [3.05, 3.63) is 41.0 Å². The molecule has 10 heteroatoms. The molecule has 1 aromatic heterocycles. The first-order valence-electron chi connectivity index (χ1n) is 11.1. The fourth-order valence-corrected chi connectivity index (χ4v) is 5.27. The number of β-amino-alcohol motifs (C(OH)–C–C–N with tert-alkyl or cyclic N) is 1. The topological polar surface area (TPSA) is 133 Å². The molecule has 3 N–H and O–H groups in total. The molecule has 0 bridgehead atoms. The second-order valence-corrected chi connectivity index (χ2v) is 10.1. The van der Waals surface area contributed by atoms with Gasteiger partial charge >= 0.3 is 0 Å². The number of rotatable bonds is 7. The van der Waals surface area contributed by atoms with Crippen molar-refractivity contribution in [2.75, 3.05) is 6.54 Å². The summed E-state index contributed by atoms with van der Waals surface area (Å²) in [5, 5.41) is 17.1. The first-order chi connectivity index (χ1) is 15.8. The third-order valence-corrected chi connectivity index (χ3v) is 7.47. The van der Waals surface area contributed by atoms with E-state index >= 15 is 0 Å². The van der Waals surface area contributed by atoms with E-state index in [9.17, 15) is 14.7 Å². The van der Waals surface area contributed by atoms with Crippen LogP contribution < -0.4 is 10.2 Å². The number of nitrogens with one attached hydrogen (secondary N) is 2. The van der Waals surface area contributed by atoms with E-state index in [4.69, 9.17) is 5.53 Å². The standard InChI is InChI=1S/C23H28N6O3S/c1-13(2)19(27-28-24)22(32)29-11-17(30)10-18(29)21(31)26-23(8-9-23)16-6-4-15(5-7-16)20-14(3)25-12-33-20/h4-7,12-13,17-19,24,30H,8-11H2,1-3H3/p+1/t17-,18+,19+/m1/s1. The Kier molecular flexibility index (Phi) is 6.43. The molecule has 3 atom stereocenters. The van der Waals surface area contributed by atoms with Crippen molar-refractivity contribution >= 4 is 23.2 Å². The van der Waals surface area contributed by atoms with Gasteiger partial charge in [-0.1, -0.05) is 38.1 Å². The van der Waals surface area contributed by atoms with E-state index in [0.29, 0.717) is 0 Å². The number of benzene rings is 1. The summed E-state index contributed by atoms with van der Waals surface area (Å²) in [7, 11) is 0. The minimum Gasteiger partial charge on any atom is -0.391 e. The summed E-state index contributed by atoms with van der Waals surface area (Å²) in [6.45, 7) is 5.69. The van der Waals surface area contributed by atoms with Crippen LogP contribution in [-0.2, 0) is 15.1 Å². The number of amides is 2. The monoisotopic (exact) mass is 469 g/mol. The van der Waals surface area contributed by atoms with Gasteiger partial charge in [-0.3, -0.25) is 9.59 Å². The van der Waals surface area contributed by atoms with E-state index in [2.05, 4.69) is 32.5 Å². The third kappa shape index (κ3) is 4.59. The number of aromatic nitrogens is 1. The molecule has 1 aliphatic heterocycles. The third-order valence-electron chi connectivity index (χ3n) is 6.49. The molecule has 2 amide bonds. The molecule has 2 aromatic rings. The molecule has 1 saturated carbocycles. The molecule has 174 valence electrons. The summed E-state index contributed by atoms with van der Waals surface area (Å²) in [6.07, 6.45) is 1.05. The maximum Gasteiger partial charge on any atom is 0.256 e. The number of nitrogens with zero attached hydrogens (tertiary/aromatic N) is 4. The second kappa shape index (κ2) is 9.13. The number of aliphatic hydroxyl groups excluding tert-OH is 1. The van der Waals surface area contributed by atoms with Crippen LogP contribution >= 0.6 is 11.3 Å². The molecule has 4 rings (SSSR count). The number of hydrogen-bond acceptors (Lipinski definition) is 7. The van der Waals surface area contributed by atoms with Gasteiger partial charge in [0.1, 0.15) is 16.7 Å². The number of aliphatic hydroxyl groups is 1. The van der Waals surface area contributed by atoms with E-state index < -0.39 is 23.7 Å². The Hall–Kier alpha value is -2.94. The zero-order valence-electron chi connectivity index (χ0n) is 19.0. The first kappa shape index (κ1) is 23.2. The average Bonchev–Trinajstić information content (AvgIpc) is 3.25. The van der Waals surface area contributed by atoms with Gasteiger partial charge in [0.05, 0.1) is 27.7 Å². The van der Waals surface area contributed by atoms with Crippen molar-refractivity contribution in [1.29, 1.82) is 5.53 Å². The lowest BCUT2D eigenvalue weighted by Crippen LogP contribution is -2.51. The van der Waals surface area contributed by atoms with Crippen LogP contribution in [0.15, 0.2) is 34.9 Å². The molecule has 0 spiro atoms. The number of thiazole rings is 1. The molecule has 0 unspecified atom stereocenters. The minimum absolute atomic E-state index is 0.0730. The van der Waals surface area contributed by atoms with Crippen LogP contribution in [0.2, 0.25) is 0 Å². The number of aryl methyl sites for hydroxylation is 1. The van der Waals surface area contributed by atoms with Crippen molar-refractivity contribution in [3.63, 3.8) is 0 Å². The Labute approximate surface area is 196 Å². The molecule has 2 aliphatic rings. The zero-order valence-corrected chi connectivity index (χ0v) is 19.8. The molecule has 1 saturated heterocycles. The fourth-order valence-electron chi connectivity index (χ4n) is 4.46. The van der Waals surface area contributed by atoms with Gasteiger partial charge in [0.15, 0.2) is 0 Å². The summed E-state index contributed by atoms with van der Waals surface area (Å²) in [6, 6.07) is 6.56. The van der Waals surface area contributed by atoms with Gasteiger partial charge in [0.2, 0.25) is 16.9 Å². The second-order valence-electron chi connectivity index (χ2n) is 9.22. The lowest BCUT2D eigenvalue weighted by atomic mass is 10.0. The zero-order chi connectivity index (χ0) is 23.8. The van der Waals surface area contributed by atoms with Crippen molar-refractivity contribution < 1.29 is 14.7 Å². The number of hydrogen-bond donors (Lipinski definition) is 3. The SMILES string of the molecule is Cc1ncsc1-c1ccc(C2(NC(=O)[C@@H]3C[C@@H](O)CN3C(=O)[C@@H](N=[N+]=N)C(C)C)CC2)cc1. The highest BCUT2D eigenvalue weighted by molar-refractivity contribution is 7.13. The van der Waals surface area contributed by atoms with Gasteiger partial charge in [0.25, 0.3) is 5.91 Å². The van der Waals surface area contributed by atoms with Gasteiger partial charge in [-0.2, -0.15) is 0 Å². The molecular weight excluding hydrogens is 440 g/mol. The molecule has 2 heterocycles. The van der Waals surface area contributed by atoms with Crippen LogP contribution in [-0.4, -0.2) is 51.5 Å². The van der Waals surface area contributed by atoms with Crippen LogP contribution in [0.5, 0.6) is 0 Å². The van der Waals surface area contributed by atoms with Crippen LogP contribution in [0.4, 0.5) is 0 Å². The summed E-state index contributed by atoms with van der Waals surface area (Å²) >= 11 is 1.60. The lowest BCUT2D eigenvalue weighted by molar-refractivity contribution is -0.140. The Morgan fingerprint density at radius 2 is 2.03 bits per heavy atom. The van der Waals surface area contributed by atoms with Gasteiger partial charge in [-0.05, 0) is 36.8 Å². The summed E-state index contributed by atoms with van der Waals surface area (Å²) in [4.78, 5) is 36.2. The van der Waals surface area contributed by atoms with E-state index in [0.717, 1.165) is 34.5 Å². The summed E-state index contributed by atoms with van der Waals surface area (Å²) < 4.78 is 0. The Bertz CT molecular complexity index is 1090.